The molecule has 164 valence electrons. The number of benzene rings is 3. The van der Waals surface area contributed by atoms with Crippen LogP contribution in [-0.2, 0) is 0 Å². The number of H-pyrrole nitrogens is 1. The molecular weight excluding hydrogens is 396 g/mol. The summed E-state index contributed by atoms with van der Waals surface area (Å²) in [6.07, 6.45) is 2.96. The molecule has 1 heterocycles. The van der Waals surface area contributed by atoms with Crippen molar-refractivity contribution in [3.8, 4) is 5.75 Å². The Balaban J connectivity index is 1.79. The molecule has 4 heteroatoms. The van der Waals surface area contributed by atoms with E-state index < -0.39 is 0 Å². The van der Waals surface area contributed by atoms with Gasteiger partial charge >= 0.3 is 0 Å². The second kappa shape index (κ2) is 9.73. The third-order valence-electron chi connectivity index (χ3n) is 5.78. The van der Waals surface area contributed by atoms with Gasteiger partial charge in [0.2, 0.25) is 0 Å². The van der Waals surface area contributed by atoms with Crippen molar-refractivity contribution in [1.82, 2.24) is 9.88 Å². The van der Waals surface area contributed by atoms with E-state index in [1.165, 1.54) is 5.56 Å². The molecule has 1 N–H and O–H groups in total. The van der Waals surface area contributed by atoms with Crippen molar-refractivity contribution < 1.29 is 9.53 Å². The first-order valence-electron chi connectivity index (χ1n) is 11.3. The topological polar surface area (TPSA) is 45.3 Å². The van der Waals surface area contributed by atoms with Gasteiger partial charge in [0.25, 0.3) is 5.91 Å². The van der Waals surface area contributed by atoms with Crippen LogP contribution in [0.3, 0.4) is 0 Å². The smallest absolute Gasteiger partial charge is 0.254 e. The van der Waals surface area contributed by atoms with Crippen LogP contribution in [0.4, 0.5) is 0 Å². The van der Waals surface area contributed by atoms with Gasteiger partial charge in [0, 0.05) is 34.8 Å². The highest BCUT2D eigenvalue weighted by atomic mass is 16.5. The van der Waals surface area contributed by atoms with Crippen LogP contribution in [0.5, 0.6) is 5.75 Å². The Labute approximate surface area is 189 Å². The molecule has 1 aromatic heterocycles. The highest BCUT2D eigenvalue weighted by molar-refractivity contribution is 5.96. The van der Waals surface area contributed by atoms with Crippen molar-refractivity contribution in [1.29, 1.82) is 0 Å². The Morgan fingerprint density at radius 3 is 2.53 bits per heavy atom. The summed E-state index contributed by atoms with van der Waals surface area (Å²) in [5.74, 6) is 0.720. The van der Waals surface area contributed by atoms with E-state index in [2.05, 4.69) is 55.2 Å². The van der Waals surface area contributed by atoms with Crippen LogP contribution in [-0.4, -0.2) is 28.9 Å². The van der Waals surface area contributed by atoms with Gasteiger partial charge in [-0.25, -0.2) is 0 Å². The van der Waals surface area contributed by atoms with Crippen molar-refractivity contribution in [3.63, 3.8) is 0 Å². The van der Waals surface area contributed by atoms with Crippen LogP contribution in [0.1, 0.15) is 53.4 Å². The summed E-state index contributed by atoms with van der Waals surface area (Å²) in [5, 5.41) is 1.13. The van der Waals surface area contributed by atoms with E-state index >= 15 is 0 Å². The molecule has 4 aromatic rings. The van der Waals surface area contributed by atoms with E-state index in [9.17, 15) is 4.79 Å². The SMILES string of the molecule is CCCOc1cccc(C(=O)N(CC)[C@@H](c2ccc(C)cc2)c2c[nH]c3ccccc23)c1. The fourth-order valence-electron chi connectivity index (χ4n) is 4.14. The number of carbonyl (C=O) groups is 1. The third-order valence-corrected chi connectivity index (χ3v) is 5.78. The lowest BCUT2D eigenvalue weighted by Crippen LogP contribution is -2.35. The average Bonchev–Trinajstić information content (AvgIpc) is 3.25. The number of carbonyl (C=O) groups excluding carboxylic acids is 1. The number of ether oxygens (including phenoxy) is 1. The molecular formula is C28H30N2O2. The number of aryl methyl sites for hydroxylation is 1. The number of nitrogens with one attached hydrogen (secondary N) is 1. The summed E-state index contributed by atoms with van der Waals surface area (Å²) < 4.78 is 5.77. The zero-order valence-electron chi connectivity index (χ0n) is 19.0. The third kappa shape index (κ3) is 4.40. The van der Waals surface area contributed by atoms with Crippen molar-refractivity contribution >= 4 is 16.8 Å². The molecule has 0 spiro atoms. The van der Waals surface area contributed by atoms with E-state index in [0.717, 1.165) is 34.2 Å². The molecule has 0 aliphatic carbocycles. The molecule has 0 fully saturated rings. The lowest BCUT2D eigenvalue weighted by molar-refractivity contribution is 0.0717. The van der Waals surface area contributed by atoms with Crippen LogP contribution in [0.2, 0.25) is 0 Å². The molecule has 0 bridgehead atoms. The van der Waals surface area contributed by atoms with Gasteiger partial charge in [0.1, 0.15) is 5.75 Å². The van der Waals surface area contributed by atoms with E-state index in [-0.39, 0.29) is 11.9 Å². The monoisotopic (exact) mass is 426 g/mol. The molecule has 0 saturated heterocycles. The van der Waals surface area contributed by atoms with Crippen LogP contribution in [0, 0.1) is 6.92 Å². The summed E-state index contributed by atoms with van der Waals surface area (Å²) in [6, 6.07) is 24.0. The summed E-state index contributed by atoms with van der Waals surface area (Å²) in [6.45, 7) is 7.40. The maximum Gasteiger partial charge on any atom is 0.254 e. The molecule has 0 unspecified atom stereocenters. The first kappa shape index (κ1) is 21.7. The normalized spacial score (nSPS) is 12.0. The Kier molecular flexibility index (Phi) is 6.60. The number of rotatable bonds is 8. The van der Waals surface area contributed by atoms with Gasteiger partial charge in [0.15, 0.2) is 0 Å². The summed E-state index contributed by atoms with van der Waals surface area (Å²) in [5.41, 5.74) is 5.09. The molecule has 0 aliphatic rings. The lowest BCUT2D eigenvalue weighted by atomic mass is 9.95. The molecule has 4 rings (SSSR count). The zero-order valence-corrected chi connectivity index (χ0v) is 19.0. The number of aromatic amines is 1. The first-order chi connectivity index (χ1) is 15.6. The molecule has 0 saturated carbocycles. The minimum atomic E-state index is -0.204. The van der Waals surface area contributed by atoms with Gasteiger partial charge in [-0.3, -0.25) is 4.79 Å². The molecule has 4 nitrogen and oxygen atoms in total. The van der Waals surface area contributed by atoms with Gasteiger partial charge < -0.3 is 14.6 Å². The fraction of sp³-hybridized carbons (Fsp3) is 0.250. The van der Waals surface area contributed by atoms with Crippen molar-refractivity contribution in [2.24, 2.45) is 0 Å². The Morgan fingerprint density at radius 1 is 1.00 bits per heavy atom. The van der Waals surface area contributed by atoms with E-state index in [1.807, 2.05) is 54.4 Å². The van der Waals surface area contributed by atoms with Gasteiger partial charge in [-0.1, -0.05) is 61.0 Å². The van der Waals surface area contributed by atoms with Gasteiger partial charge in [-0.05, 0) is 50.1 Å². The molecule has 1 atom stereocenters. The summed E-state index contributed by atoms with van der Waals surface area (Å²) >= 11 is 0. The number of fused-ring (bicyclic) bond motifs is 1. The zero-order chi connectivity index (χ0) is 22.5. The second-order valence-corrected chi connectivity index (χ2v) is 8.07. The number of para-hydroxylation sites is 1. The predicted octanol–water partition coefficient (Wildman–Crippen LogP) is 6.52. The van der Waals surface area contributed by atoms with Crippen LogP contribution in [0.25, 0.3) is 10.9 Å². The van der Waals surface area contributed by atoms with Crippen molar-refractivity contribution in [2.45, 2.75) is 33.2 Å². The molecule has 1 amide bonds. The molecule has 0 aliphatic heterocycles. The Bertz CT molecular complexity index is 1190. The van der Waals surface area contributed by atoms with Crippen LogP contribution < -0.4 is 4.74 Å². The van der Waals surface area contributed by atoms with Gasteiger partial charge in [-0.2, -0.15) is 0 Å². The van der Waals surface area contributed by atoms with Crippen molar-refractivity contribution in [3.05, 3.63) is 101 Å². The quantitative estimate of drug-likeness (QED) is 0.349. The molecule has 32 heavy (non-hydrogen) atoms. The number of amides is 1. The van der Waals surface area contributed by atoms with E-state index in [4.69, 9.17) is 4.74 Å². The lowest BCUT2D eigenvalue weighted by Gasteiger charge is -2.32. The fourth-order valence-corrected chi connectivity index (χ4v) is 4.14. The Hall–Kier alpha value is -3.53. The highest BCUT2D eigenvalue weighted by Crippen LogP contribution is 2.35. The summed E-state index contributed by atoms with van der Waals surface area (Å²) in [4.78, 5) is 19.1. The Morgan fingerprint density at radius 2 is 1.78 bits per heavy atom. The van der Waals surface area contributed by atoms with E-state index in [1.54, 1.807) is 0 Å². The molecule has 0 radical (unpaired) electrons. The minimum absolute atomic E-state index is 0.00898. The van der Waals surface area contributed by atoms with Crippen molar-refractivity contribution in [2.75, 3.05) is 13.2 Å². The largest absolute Gasteiger partial charge is 0.494 e. The minimum Gasteiger partial charge on any atom is -0.494 e. The average molecular weight is 427 g/mol. The second-order valence-electron chi connectivity index (χ2n) is 8.07. The maximum atomic E-state index is 13.8. The maximum absolute atomic E-state index is 13.8. The number of hydrogen-bond acceptors (Lipinski definition) is 2. The highest BCUT2D eigenvalue weighted by Gasteiger charge is 2.28. The number of aromatic nitrogens is 1. The van der Waals surface area contributed by atoms with Gasteiger partial charge in [0.05, 0.1) is 12.6 Å². The summed E-state index contributed by atoms with van der Waals surface area (Å²) in [7, 11) is 0. The van der Waals surface area contributed by atoms with E-state index in [0.29, 0.717) is 18.7 Å². The van der Waals surface area contributed by atoms with Crippen LogP contribution in [0.15, 0.2) is 79.0 Å². The number of hydrogen-bond donors (Lipinski definition) is 1. The molecule has 3 aromatic carbocycles. The van der Waals surface area contributed by atoms with Crippen LogP contribution >= 0.6 is 0 Å². The first-order valence-corrected chi connectivity index (χ1v) is 11.3. The number of nitrogens with zero attached hydrogens (tertiary/aromatic N) is 1. The standard InChI is InChI=1S/C28H30N2O2/c1-4-17-32-23-10-8-9-22(18-23)28(31)30(5-2)27(21-15-13-20(3)14-16-21)25-19-29-26-12-7-6-11-24(25)26/h6-16,18-19,27,29H,4-5,17H2,1-3H3/t27-/m0/s1. The predicted molar refractivity (Wildman–Crippen MR) is 130 cm³/mol. The van der Waals surface area contributed by atoms with Gasteiger partial charge in [-0.15, -0.1) is 0 Å².